The van der Waals surface area contributed by atoms with Crippen molar-refractivity contribution >= 4 is 33.0 Å². The van der Waals surface area contributed by atoms with E-state index >= 15 is 0 Å². The molecule has 116 valence electrons. The van der Waals surface area contributed by atoms with Gasteiger partial charge in [0.25, 0.3) is 5.91 Å². The monoisotopic (exact) mass is 339 g/mol. The average Bonchev–Trinajstić information content (AvgIpc) is 2.46. The van der Waals surface area contributed by atoms with E-state index in [0.29, 0.717) is 16.5 Å². The summed E-state index contributed by atoms with van der Waals surface area (Å²) in [5, 5.41) is 3.20. The van der Waals surface area contributed by atoms with Gasteiger partial charge in [0, 0.05) is 17.0 Å². The number of rotatable bonds is 5. The molecule has 1 amide bonds. The summed E-state index contributed by atoms with van der Waals surface area (Å²) in [6, 6.07) is 12.6. The summed E-state index contributed by atoms with van der Waals surface area (Å²) in [5.41, 5.74) is 0.497. The number of carbonyl (C=O) groups is 1. The van der Waals surface area contributed by atoms with Gasteiger partial charge in [-0.25, -0.2) is 8.42 Å². The maximum absolute atomic E-state index is 11.8. The lowest BCUT2D eigenvalue weighted by molar-refractivity contribution is -0.118. The first-order chi connectivity index (χ1) is 10.3. The second kappa shape index (κ2) is 6.81. The fourth-order valence-corrected chi connectivity index (χ4v) is 2.42. The van der Waals surface area contributed by atoms with Gasteiger partial charge in [-0.15, -0.1) is 0 Å². The zero-order chi connectivity index (χ0) is 16.2. The van der Waals surface area contributed by atoms with Gasteiger partial charge < -0.3 is 10.1 Å². The van der Waals surface area contributed by atoms with Crippen LogP contribution in [0.2, 0.25) is 5.02 Å². The quantitative estimate of drug-likeness (QED) is 0.909. The molecule has 0 aliphatic rings. The highest BCUT2D eigenvalue weighted by molar-refractivity contribution is 7.90. The summed E-state index contributed by atoms with van der Waals surface area (Å²) >= 11 is 5.75. The van der Waals surface area contributed by atoms with Gasteiger partial charge in [-0.2, -0.15) is 0 Å². The molecule has 0 atom stereocenters. The van der Waals surface area contributed by atoms with Crippen LogP contribution in [0, 0.1) is 0 Å². The molecule has 2 aromatic carbocycles. The van der Waals surface area contributed by atoms with Crippen molar-refractivity contribution in [2.45, 2.75) is 4.90 Å². The number of sulfone groups is 1. The highest BCUT2D eigenvalue weighted by Gasteiger charge is 2.08. The smallest absolute Gasteiger partial charge is 0.262 e. The number of amides is 1. The van der Waals surface area contributed by atoms with Crippen LogP contribution in [0.25, 0.3) is 0 Å². The van der Waals surface area contributed by atoms with Gasteiger partial charge in [-0.1, -0.05) is 11.6 Å². The average molecular weight is 340 g/mol. The van der Waals surface area contributed by atoms with Gasteiger partial charge >= 0.3 is 0 Å². The molecule has 0 radical (unpaired) electrons. The molecule has 22 heavy (non-hydrogen) atoms. The van der Waals surface area contributed by atoms with Crippen LogP contribution in [0.1, 0.15) is 0 Å². The summed E-state index contributed by atoms with van der Waals surface area (Å²) in [7, 11) is -3.25. The summed E-state index contributed by atoms with van der Waals surface area (Å²) in [6.07, 6.45) is 1.13. The molecule has 0 saturated heterocycles. The first-order valence-corrected chi connectivity index (χ1v) is 8.60. The van der Waals surface area contributed by atoms with Crippen LogP contribution in [-0.4, -0.2) is 27.2 Å². The molecule has 0 spiro atoms. The highest BCUT2D eigenvalue weighted by Crippen LogP contribution is 2.16. The molecular formula is C15H14ClNO4S. The molecule has 1 N–H and O–H groups in total. The Kier molecular flexibility index (Phi) is 5.05. The molecule has 5 nitrogen and oxygen atoms in total. The normalized spacial score (nSPS) is 11.0. The predicted octanol–water partition coefficient (Wildman–Crippen LogP) is 2.76. The van der Waals surface area contributed by atoms with Crippen LogP contribution in [0.3, 0.4) is 0 Å². The van der Waals surface area contributed by atoms with Gasteiger partial charge in [0.15, 0.2) is 16.4 Å². The minimum absolute atomic E-state index is 0.157. The fraction of sp³-hybridized carbons (Fsp3) is 0.133. The van der Waals surface area contributed by atoms with Crippen LogP contribution in [0.15, 0.2) is 53.4 Å². The maximum atomic E-state index is 11.8. The lowest BCUT2D eigenvalue weighted by Gasteiger charge is -2.08. The minimum atomic E-state index is -3.25. The Morgan fingerprint density at radius 1 is 1.09 bits per heavy atom. The van der Waals surface area contributed by atoms with Crippen LogP contribution in [0.5, 0.6) is 5.75 Å². The van der Waals surface area contributed by atoms with Gasteiger partial charge in [0.2, 0.25) is 0 Å². The van der Waals surface area contributed by atoms with Gasteiger partial charge in [0.05, 0.1) is 4.90 Å². The Balaban J connectivity index is 1.90. The van der Waals surface area contributed by atoms with Crippen LogP contribution in [-0.2, 0) is 14.6 Å². The lowest BCUT2D eigenvalue weighted by atomic mass is 10.3. The van der Waals surface area contributed by atoms with Crippen LogP contribution < -0.4 is 10.1 Å². The molecule has 0 aliphatic carbocycles. The van der Waals surface area contributed by atoms with Crippen LogP contribution in [0.4, 0.5) is 5.69 Å². The molecule has 2 rings (SSSR count). The van der Waals surface area contributed by atoms with Gasteiger partial charge in [-0.05, 0) is 48.5 Å². The van der Waals surface area contributed by atoms with Crippen molar-refractivity contribution < 1.29 is 17.9 Å². The highest BCUT2D eigenvalue weighted by atomic mass is 35.5. The largest absolute Gasteiger partial charge is 0.484 e. The molecule has 0 heterocycles. The van der Waals surface area contributed by atoms with Gasteiger partial charge in [-0.3, -0.25) is 4.79 Å². The molecule has 0 aromatic heterocycles. The number of hydrogen-bond donors (Lipinski definition) is 1. The van der Waals surface area contributed by atoms with Crippen molar-refractivity contribution in [1.29, 1.82) is 0 Å². The topological polar surface area (TPSA) is 72.5 Å². The van der Waals surface area contributed by atoms with Crippen molar-refractivity contribution in [3.05, 3.63) is 53.6 Å². The van der Waals surface area contributed by atoms with Crippen molar-refractivity contribution in [1.82, 2.24) is 0 Å². The lowest BCUT2D eigenvalue weighted by Crippen LogP contribution is -2.20. The second-order valence-electron chi connectivity index (χ2n) is 4.59. The molecule has 2 aromatic rings. The third-order valence-corrected chi connectivity index (χ3v) is 4.13. The number of benzene rings is 2. The van der Waals surface area contributed by atoms with Crippen molar-refractivity contribution in [3.63, 3.8) is 0 Å². The molecule has 0 saturated carbocycles. The Bertz CT molecular complexity index is 755. The third kappa shape index (κ3) is 4.75. The number of ether oxygens (including phenoxy) is 1. The van der Waals surface area contributed by atoms with Crippen molar-refractivity contribution in [2.24, 2.45) is 0 Å². The third-order valence-electron chi connectivity index (χ3n) is 2.75. The van der Waals surface area contributed by atoms with E-state index < -0.39 is 9.84 Å². The molecule has 0 fully saturated rings. The minimum Gasteiger partial charge on any atom is -0.484 e. The number of hydrogen-bond acceptors (Lipinski definition) is 4. The number of nitrogens with one attached hydrogen (secondary N) is 1. The summed E-state index contributed by atoms with van der Waals surface area (Å²) in [5.74, 6) is 0.189. The summed E-state index contributed by atoms with van der Waals surface area (Å²) in [6.45, 7) is -0.157. The summed E-state index contributed by atoms with van der Waals surface area (Å²) in [4.78, 5) is 12.0. The zero-order valence-corrected chi connectivity index (χ0v) is 13.3. The zero-order valence-electron chi connectivity index (χ0n) is 11.7. The number of halogens is 1. The first kappa shape index (κ1) is 16.3. The van der Waals surface area contributed by atoms with E-state index in [9.17, 15) is 13.2 Å². The van der Waals surface area contributed by atoms with Crippen molar-refractivity contribution in [2.75, 3.05) is 18.2 Å². The molecule has 0 aliphatic heterocycles. The second-order valence-corrected chi connectivity index (χ2v) is 7.04. The number of carbonyl (C=O) groups excluding carboxylic acids is 1. The van der Waals surface area contributed by atoms with Crippen LogP contribution >= 0.6 is 11.6 Å². The van der Waals surface area contributed by atoms with Gasteiger partial charge in [0.1, 0.15) is 5.75 Å². The summed E-state index contributed by atoms with van der Waals surface area (Å²) < 4.78 is 28.0. The SMILES string of the molecule is CS(=O)(=O)c1ccc(NC(=O)COc2ccc(Cl)cc2)cc1. The number of anilines is 1. The Morgan fingerprint density at radius 2 is 1.68 bits per heavy atom. The van der Waals surface area contributed by atoms with E-state index in [1.807, 2.05) is 0 Å². The van der Waals surface area contributed by atoms with E-state index in [0.717, 1.165) is 6.26 Å². The van der Waals surface area contributed by atoms with E-state index in [1.54, 1.807) is 24.3 Å². The fourth-order valence-electron chi connectivity index (χ4n) is 1.66. The van der Waals surface area contributed by atoms with E-state index in [4.69, 9.17) is 16.3 Å². The first-order valence-electron chi connectivity index (χ1n) is 6.33. The predicted molar refractivity (Wildman–Crippen MR) is 85.1 cm³/mol. The molecule has 0 unspecified atom stereocenters. The molecule has 0 bridgehead atoms. The molecule has 7 heteroatoms. The van der Waals surface area contributed by atoms with E-state index in [-0.39, 0.29) is 17.4 Å². The van der Waals surface area contributed by atoms with E-state index in [2.05, 4.69) is 5.32 Å². The maximum Gasteiger partial charge on any atom is 0.262 e. The standard InChI is InChI=1S/C15H14ClNO4S/c1-22(19,20)14-8-4-12(5-9-14)17-15(18)10-21-13-6-2-11(16)3-7-13/h2-9H,10H2,1H3,(H,17,18). The Morgan fingerprint density at radius 3 is 2.23 bits per heavy atom. The van der Waals surface area contributed by atoms with Crippen molar-refractivity contribution in [3.8, 4) is 5.75 Å². The van der Waals surface area contributed by atoms with E-state index in [1.165, 1.54) is 24.3 Å². The Hall–Kier alpha value is -2.05. The Labute approximate surface area is 133 Å². The molecular weight excluding hydrogens is 326 g/mol.